The maximum Gasteiger partial charge on any atom is 0.119 e. The lowest BCUT2D eigenvalue weighted by Gasteiger charge is -2.31. The third kappa shape index (κ3) is 10.5. The lowest BCUT2D eigenvalue weighted by atomic mass is 9.76. The minimum atomic E-state index is -1.38. The Kier molecular flexibility index (Phi) is 10.2. The molecule has 3 unspecified atom stereocenters. The first-order valence-electron chi connectivity index (χ1n) is 12.2. The Morgan fingerprint density at radius 1 is 0.867 bits per heavy atom. The molecule has 0 spiro atoms. The van der Waals surface area contributed by atoms with Crippen LogP contribution in [0.4, 0.5) is 0 Å². The molecule has 0 aliphatic carbocycles. The van der Waals surface area contributed by atoms with Crippen molar-refractivity contribution in [1.29, 1.82) is 0 Å². The second-order valence-electron chi connectivity index (χ2n) is 12.9. The molecule has 0 N–H and O–H groups in total. The summed E-state index contributed by atoms with van der Waals surface area (Å²) in [7, 11) is -1.38. The smallest absolute Gasteiger partial charge is 0.119 e. The maximum atomic E-state index is 6.34. The Morgan fingerprint density at radius 2 is 1.40 bits per heavy atom. The fourth-order valence-corrected chi connectivity index (χ4v) is 6.02. The van der Waals surface area contributed by atoms with Gasteiger partial charge in [-0.3, -0.25) is 0 Å². The fraction of sp³-hybridized carbons (Fsp3) is 0.750. The van der Waals surface area contributed by atoms with E-state index in [0.717, 1.165) is 24.3 Å². The van der Waals surface area contributed by atoms with Crippen LogP contribution in [-0.2, 0) is 0 Å². The molecule has 0 heterocycles. The molecule has 0 saturated heterocycles. The molecule has 1 radical (unpaired) electrons. The molecule has 3 atom stereocenters. The van der Waals surface area contributed by atoms with Gasteiger partial charge in [-0.15, -0.1) is 0 Å². The predicted octanol–water partition coefficient (Wildman–Crippen LogP) is 8.36. The van der Waals surface area contributed by atoms with Gasteiger partial charge in [-0.25, -0.2) is 0 Å². The van der Waals surface area contributed by atoms with E-state index in [-0.39, 0.29) is 0 Å². The van der Waals surface area contributed by atoms with Gasteiger partial charge in [0.1, 0.15) is 5.75 Å². The van der Waals surface area contributed by atoms with Crippen LogP contribution >= 0.6 is 0 Å². The number of hydrogen-bond donors (Lipinski definition) is 0. The van der Waals surface area contributed by atoms with E-state index in [2.05, 4.69) is 99.7 Å². The topological polar surface area (TPSA) is 9.23 Å². The largest absolute Gasteiger partial charge is 0.493 e. The van der Waals surface area contributed by atoms with Crippen LogP contribution in [0.25, 0.3) is 0 Å². The van der Waals surface area contributed by atoms with E-state index in [1.165, 1.54) is 30.9 Å². The molecule has 0 aliphatic rings. The van der Waals surface area contributed by atoms with E-state index in [1.807, 2.05) is 0 Å². The molecular formula is C28H51OSi. The van der Waals surface area contributed by atoms with Crippen molar-refractivity contribution in [2.45, 2.75) is 100 Å². The van der Waals surface area contributed by atoms with E-state index >= 15 is 0 Å². The van der Waals surface area contributed by atoms with Crippen molar-refractivity contribution in [3.8, 4) is 5.75 Å². The van der Waals surface area contributed by atoms with Crippen LogP contribution < -0.4 is 9.92 Å². The summed E-state index contributed by atoms with van der Waals surface area (Å²) < 4.78 is 6.34. The molecule has 0 bridgehead atoms. The lowest BCUT2D eigenvalue weighted by Crippen LogP contribution is -2.40. The summed E-state index contributed by atoms with van der Waals surface area (Å²) in [4.78, 5) is 0. The van der Waals surface area contributed by atoms with Gasteiger partial charge < -0.3 is 4.74 Å². The molecule has 1 aromatic rings. The van der Waals surface area contributed by atoms with Crippen molar-refractivity contribution in [3.05, 3.63) is 31.2 Å². The van der Waals surface area contributed by atoms with Crippen molar-refractivity contribution in [2.24, 2.45) is 28.6 Å². The van der Waals surface area contributed by atoms with Crippen molar-refractivity contribution in [3.63, 3.8) is 0 Å². The summed E-state index contributed by atoms with van der Waals surface area (Å²) in [5.41, 5.74) is 0.774. The van der Waals surface area contributed by atoms with Crippen molar-refractivity contribution in [1.82, 2.24) is 0 Å². The van der Waals surface area contributed by atoms with Crippen molar-refractivity contribution >= 4 is 13.3 Å². The normalized spacial score (nSPS) is 16.2. The van der Waals surface area contributed by atoms with Gasteiger partial charge >= 0.3 is 0 Å². The highest BCUT2D eigenvalue weighted by molar-refractivity contribution is 6.89. The highest BCUT2D eigenvalue weighted by Gasteiger charge is 2.25. The second-order valence-corrected chi connectivity index (χ2v) is 17.8. The first kappa shape index (κ1) is 27.3. The zero-order valence-corrected chi connectivity index (χ0v) is 22.9. The van der Waals surface area contributed by atoms with Gasteiger partial charge in [0, 0.05) is 0 Å². The second kappa shape index (κ2) is 11.2. The standard InChI is InChI=1S/C28H51OSi/c1-12-30(10,11)26-17-15-25(16-18-26)29-21-24(23(3)20-28(7,8)9)14-13-22(2)19-27(4,5)6/h15-18,22-24H,1,12-14,19-21H2,2-11H3. The molecule has 0 aliphatic heterocycles. The molecule has 0 saturated carbocycles. The summed E-state index contributed by atoms with van der Waals surface area (Å²) in [5, 5.41) is 1.47. The van der Waals surface area contributed by atoms with Crippen LogP contribution in [-0.4, -0.2) is 14.7 Å². The fourth-order valence-electron chi connectivity index (χ4n) is 4.66. The van der Waals surface area contributed by atoms with Crippen LogP contribution in [0.2, 0.25) is 19.1 Å². The quantitative estimate of drug-likeness (QED) is 0.320. The minimum Gasteiger partial charge on any atom is -0.493 e. The molecular weight excluding hydrogens is 380 g/mol. The average molecular weight is 432 g/mol. The number of rotatable bonds is 11. The number of hydrogen-bond acceptors (Lipinski definition) is 1. The summed E-state index contributed by atoms with van der Waals surface area (Å²) in [6.07, 6.45) is 5.09. The molecule has 1 nitrogen and oxygen atoms in total. The molecule has 1 aromatic carbocycles. The summed E-state index contributed by atoms with van der Waals surface area (Å²) in [6, 6.07) is 9.92. The Balaban J connectivity index is 2.77. The van der Waals surface area contributed by atoms with Crippen molar-refractivity contribution in [2.75, 3.05) is 6.61 Å². The van der Waals surface area contributed by atoms with E-state index in [4.69, 9.17) is 4.74 Å². The first-order chi connectivity index (χ1) is 13.6. The van der Waals surface area contributed by atoms with Gasteiger partial charge in [-0.05, 0) is 60.0 Å². The molecule has 0 aromatic heterocycles. The van der Waals surface area contributed by atoms with Crippen LogP contribution in [0.15, 0.2) is 24.3 Å². The van der Waals surface area contributed by atoms with Gasteiger partial charge in [-0.2, -0.15) is 0 Å². The summed E-state index contributed by atoms with van der Waals surface area (Å²) in [6.45, 7) is 28.7. The highest BCUT2D eigenvalue weighted by atomic mass is 28.3. The van der Waals surface area contributed by atoms with Gasteiger partial charge in [-0.1, -0.05) is 105 Å². The predicted molar refractivity (Wildman–Crippen MR) is 138 cm³/mol. The van der Waals surface area contributed by atoms with Crippen LogP contribution in [0.5, 0.6) is 5.75 Å². The highest BCUT2D eigenvalue weighted by Crippen LogP contribution is 2.34. The maximum absolute atomic E-state index is 6.34. The van der Waals surface area contributed by atoms with E-state index in [0.29, 0.717) is 22.7 Å². The van der Waals surface area contributed by atoms with E-state index in [9.17, 15) is 0 Å². The van der Waals surface area contributed by atoms with Gasteiger partial charge in [0.15, 0.2) is 0 Å². The first-order valence-corrected chi connectivity index (χ1v) is 15.4. The zero-order valence-electron chi connectivity index (χ0n) is 21.9. The van der Waals surface area contributed by atoms with E-state index < -0.39 is 8.07 Å². The molecule has 173 valence electrons. The van der Waals surface area contributed by atoms with Crippen molar-refractivity contribution < 1.29 is 4.74 Å². The number of benzene rings is 1. The van der Waals surface area contributed by atoms with E-state index in [1.54, 1.807) is 0 Å². The summed E-state index contributed by atoms with van der Waals surface area (Å²) >= 11 is 0. The Bertz CT molecular complexity index is 603. The SMILES string of the molecule is [CH2]C[Si](C)(C)c1ccc(OCC(CCC(C)CC(C)(C)C)C(C)CC(C)(C)C)cc1. The van der Waals surface area contributed by atoms with Gasteiger partial charge in [0.25, 0.3) is 0 Å². The third-order valence-electron chi connectivity index (χ3n) is 6.46. The molecule has 0 amide bonds. The monoisotopic (exact) mass is 431 g/mol. The summed E-state index contributed by atoms with van der Waals surface area (Å²) in [5.74, 6) is 3.06. The average Bonchev–Trinajstić information content (AvgIpc) is 2.59. The Hall–Kier alpha value is -0.763. The minimum absolute atomic E-state index is 0.362. The Labute approximate surface area is 190 Å². The molecule has 1 rings (SSSR count). The lowest BCUT2D eigenvalue weighted by molar-refractivity contribution is 0.147. The zero-order chi connectivity index (χ0) is 23.2. The van der Waals surface area contributed by atoms with Gasteiger partial charge in [0.05, 0.1) is 14.7 Å². The Morgan fingerprint density at radius 3 is 1.87 bits per heavy atom. The molecule has 2 heteroatoms. The van der Waals surface area contributed by atoms with Crippen LogP contribution in [0.3, 0.4) is 0 Å². The van der Waals surface area contributed by atoms with Crippen LogP contribution in [0, 0.1) is 35.5 Å². The number of ether oxygens (including phenoxy) is 1. The van der Waals surface area contributed by atoms with Crippen LogP contribution in [0.1, 0.15) is 81.1 Å². The third-order valence-corrected chi connectivity index (χ3v) is 9.60. The van der Waals surface area contributed by atoms with Gasteiger partial charge in [0.2, 0.25) is 0 Å². The molecule has 0 fully saturated rings. The molecule has 30 heavy (non-hydrogen) atoms.